The Balaban J connectivity index is 2.26. The molecule has 21 heavy (non-hydrogen) atoms. The van der Waals surface area contributed by atoms with Gasteiger partial charge in [0.1, 0.15) is 0 Å². The summed E-state index contributed by atoms with van der Waals surface area (Å²) < 4.78 is 5.66. The molecule has 1 atom stereocenters. The molecule has 4 heteroatoms. The number of anilines is 1. The van der Waals surface area contributed by atoms with Gasteiger partial charge in [-0.05, 0) is 37.3 Å². The number of hydrogen-bond acceptors (Lipinski definition) is 3. The molecule has 0 aromatic heterocycles. The Bertz CT molecular complexity index is 433. The number of hydrogen-bond donors (Lipinski definition) is 2. The lowest BCUT2D eigenvalue weighted by Gasteiger charge is -2.20. The second kappa shape index (κ2) is 9.40. The third kappa shape index (κ3) is 6.63. The van der Waals surface area contributed by atoms with Gasteiger partial charge in [-0.25, -0.2) is 0 Å². The highest BCUT2D eigenvalue weighted by Crippen LogP contribution is 2.13. The predicted molar refractivity (Wildman–Crippen MR) is 87.1 cm³/mol. The minimum Gasteiger partial charge on any atom is -0.399 e. The third-order valence-electron chi connectivity index (χ3n) is 3.55. The Morgan fingerprint density at radius 2 is 2.05 bits per heavy atom. The molecule has 1 rings (SSSR count). The number of benzene rings is 1. The molecule has 0 bridgehead atoms. The Labute approximate surface area is 128 Å². The summed E-state index contributed by atoms with van der Waals surface area (Å²) in [4.78, 5) is 11.8. The highest BCUT2D eigenvalue weighted by molar-refractivity contribution is 5.76. The topological polar surface area (TPSA) is 64.3 Å². The van der Waals surface area contributed by atoms with Crippen LogP contribution >= 0.6 is 0 Å². The number of aryl methyl sites for hydroxylation is 1. The third-order valence-corrected chi connectivity index (χ3v) is 3.55. The van der Waals surface area contributed by atoms with Crippen molar-refractivity contribution in [3.8, 4) is 0 Å². The van der Waals surface area contributed by atoms with E-state index < -0.39 is 0 Å². The van der Waals surface area contributed by atoms with Crippen molar-refractivity contribution >= 4 is 11.6 Å². The zero-order valence-electron chi connectivity index (χ0n) is 13.4. The molecule has 1 amide bonds. The molecule has 1 aromatic rings. The maximum atomic E-state index is 11.8. The quantitative estimate of drug-likeness (QED) is 0.688. The SMILES string of the molecule is CCOC(CCNC(=O)CCc1ccccc1N)C(C)C. The van der Waals surface area contributed by atoms with Gasteiger partial charge >= 0.3 is 0 Å². The lowest BCUT2D eigenvalue weighted by molar-refractivity contribution is -0.121. The fourth-order valence-corrected chi connectivity index (χ4v) is 2.28. The van der Waals surface area contributed by atoms with Crippen molar-refractivity contribution in [1.29, 1.82) is 0 Å². The molecule has 3 N–H and O–H groups in total. The molecule has 118 valence electrons. The van der Waals surface area contributed by atoms with E-state index in [0.717, 1.165) is 17.7 Å². The second-order valence-corrected chi connectivity index (χ2v) is 5.58. The molecule has 0 aliphatic carbocycles. The minimum absolute atomic E-state index is 0.0669. The Hall–Kier alpha value is -1.55. The monoisotopic (exact) mass is 292 g/mol. The molecule has 0 radical (unpaired) electrons. The highest BCUT2D eigenvalue weighted by atomic mass is 16.5. The lowest BCUT2D eigenvalue weighted by atomic mass is 10.0. The van der Waals surface area contributed by atoms with Crippen LogP contribution in [0.25, 0.3) is 0 Å². The van der Waals surface area contributed by atoms with Crippen LogP contribution in [-0.4, -0.2) is 25.2 Å². The van der Waals surface area contributed by atoms with E-state index in [2.05, 4.69) is 19.2 Å². The minimum atomic E-state index is 0.0669. The van der Waals surface area contributed by atoms with Crippen LogP contribution in [0, 0.1) is 5.92 Å². The van der Waals surface area contributed by atoms with Crippen LogP contribution in [0.5, 0.6) is 0 Å². The molecule has 0 saturated carbocycles. The van der Waals surface area contributed by atoms with Crippen molar-refractivity contribution in [2.75, 3.05) is 18.9 Å². The summed E-state index contributed by atoms with van der Waals surface area (Å²) in [7, 11) is 0. The zero-order valence-corrected chi connectivity index (χ0v) is 13.4. The molecular formula is C17H28N2O2. The van der Waals surface area contributed by atoms with E-state index in [0.29, 0.717) is 31.9 Å². The number of nitrogens with one attached hydrogen (secondary N) is 1. The van der Waals surface area contributed by atoms with Gasteiger partial charge < -0.3 is 15.8 Å². The van der Waals surface area contributed by atoms with Gasteiger partial charge in [-0.1, -0.05) is 32.0 Å². The van der Waals surface area contributed by atoms with Crippen molar-refractivity contribution in [1.82, 2.24) is 5.32 Å². The van der Waals surface area contributed by atoms with Gasteiger partial charge in [-0.2, -0.15) is 0 Å². The summed E-state index contributed by atoms with van der Waals surface area (Å²) in [5.74, 6) is 0.531. The van der Waals surface area contributed by atoms with Crippen molar-refractivity contribution < 1.29 is 9.53 Å². The molecule has 0 spiro atoms. The first-order valence-corrected chi connectivity index (χ1v) is 7.76. The molecule has 0 aliphatic rings. The van der Waals surface area contributed by atoms with Crippen molar-refractivity contribution in [2.24, 2.45) is 5.92 Å². The van der Waals surface area contributed by atoms with Crippen LogP contribution in [-0.2, 0) is 16.0 Å². The van der Waals surface area contributed by atoms with Gasteiger partial charge in [0.05, 0.1) is 6.10 Å². The van der Waals surface area contributed by atoms with Crippen LogP contribution < -0.4 is 11.1 Å². The Morgan fingerprint density at radius 3 is 2.67 bits per heavy atom. The van der Waals surface area contributed by atoms with E-state index in [4.69, 9.17) is 10.5 Å². The summed E-state index contributed by atoms with van der Waals surface area (Å²) in [5.41, 5.74) is 7.65. The summed E-state index contributed by atoms with van der Waals surface area (Å²) in [5, 5.41) is 2.96. The summed E-state index contributed by atoms with van der Waals surface area (Å²) in [6.07, 6.45) is 2.21. The maximum Gasteiger partial charge on any atom is 0.220 e. The Kier molecular flexibility index (Phi) is 7.83. The zero-order chi connectivity index (χ0) is 15.7. The van der Waals surface area contributed by atoms with Crippen molar-refractivity contribution in [3.05, 3.63) is 29.8 Å². The smallest absolute Gasteiger partial charge is 0.220 e. The van der Waals surface area contributed by atoms with Crippen LogP contribution in [0.4, 0.5) is 5.69 Å². The second-order valence-electron chi connectivity index (χ2n) is 5.58. The van der Waals surface area contributed by atoms with Gasteiger partial charge in [-0.3, -0.25) is 4.79 Å². The average Bonchev–Trinajstić information content (AvgIpc) is 2.45. The number of carbonyl (C=O) groups excluding carboxylic acids is 1. The standard InChI is InChI=1S/C17H28N2O2/c1-4-21-16(13(2)3)11-12-19-17(20)10-9-14-7-5-6-8-15(14)18/h5-8,13,16H,4,9-12,18H2,1-3H3,(H,19,20). The van der Waals surface area contributed by atoms with E-state index in [1.165, 1.54) is 0 Å². The number of carbonyl (C=O) groups is 1. The maximum absolute atomic E-state index is 11.8. The first-order valence-electron chi connectivity index (χ1n) is 7.76. The first-order chi connectivity index (χ1) is 10.0. The van der Waals surface area contributed by atoms with Crippen LogP contribution in [0.15, 0.2) is 24.3 Å². The molecule has 0 aliphatic heterocycles. The van der Waals surface area contributed by atoms with Crippen LogP contribution in [0.2, 0.25) is 0 Å². The molecule has 1 unspecified atom stereocenters. The van der Waals surface area contributed by atoms with E-state index in [-0.39, 0.29) is 12.0 Å². The Morgan fingerprint density at radius 1 is 1.33 bits per heavy atom. The van der Waals surface area contributed by atoms with Gasteiger partial charge in [0, 0.05) is 25.3 Å². The lowest BCUT2D eigenvalue weighted by Crippen LogP contribution is -2.30. The fraction of sp³-hybridized carbons (Fsp3) is 0.588. The van der Waals surface area contributed by atoms with Crippen LogP contribution in [0.1, 0.15) is 39.2 Å². The number of para-hydroxylation sites is 1. The number of amides is 1. The predicted octanol–water partition coefficient (Wildman–Crippen LogP) is 2.77. The highest BCUT2D eigenvalue weighted by Gasteiger charge is 2.13. The molecule has 1 aromatic carbocycles. The average molecular weight is 292 g/mol. The van der Waals surface area contributed by atoms with E-state index >= 15 is 0 Å². The summed E-state index contributed by atoms with van der Waals surface area (Å²) >= 11 is 0. The van der Waals surface area contributed by atoms with Gasteiger partial charge in [0.2, 0.25) is 5.91 Å². The summed E-state index contributed by atoms with van der Waals surface area (Å²) in [6.45, 7) is 7.65. The van der Waals surface area contributed by atoms with Gasteiger partial charge in [-0.15, -0.1) is 0 Å². The largest absolute Gasteiger partial charge is 0.399 e. The number of nitrogen functional groups attached to an aromatic ring is 1. The van der Waals surface area contributed by atoms with Crippen LogP contribution in [0.3, 0.4) is 0 Å². The van der Waals surface area contributed by atoms with Gasteiger partial charge in [0.15, 0.2) is 0 Å². The van der Waals surface area contributed by atoms with Crippen molar-refractivity contribution in [2.45, 2.75) is 46.1 Å². The normalized spacial score (nSPS) is 12.4. The summed E-state index contributed by atoms with van der Waals surface area (Å²) in [6, 6.07) is 7.67. The molecule has 0 heterocycles. The van der Waals surface area contributed by atoms with Crippen molar-refractivity contribution in [3.63, 3.8) is 0 Å². The number of nitrogens with two attached hydrogens (primary N) is 1. The number of ether oxygens (including phenoxy) is 1. The van der Waals surface area contributed by atoms with Gasteiger partial charge in [0.25, 0.3) is 0 Å². The van der Waals surface area contributed by atoms with E-state index in [1.54, 1.807) is 0 Å². The molecule has 0 fully saturated rings. The number of rotatable bonds is 9. The van der Waals surface area contributed by atoms with E-state index in [1.807, 2.05) is 31.2 Å². The first kappa shape index (κ1) is 17.5. The van der Waals surface area contributed by atoms with E-state index in [9.17, 15) is 4.79 Å². The molecular weight excluding hydrogens is 264 g/mol. The molecule has 4 nitrogen and oxygen atoms in total. The fourth-order valence-electron chi connectivity index (χ4n) is 2.28. The molecule has 0 saturated heterocycles.